The summed E-state index contributed by atoms with van der Waals surface area (Å²) in [5.41, 5.74) is 10.5. The Morgan fingerprint density at radius 3 is 2.44 bits per heavy atom. The van der Waals surface area contributed by atoms with Gasteiger partial charge >= 0.3 is 0 Å². The smallest absolute Gasteiger partial charge is 0.0765 e. The van der Waals surface area contributed by atoms with E-state index in [9.17, 15) is 0 Å². The van der Waals surface area contributed by atoms with E-state index in [4.69, 9.17) is 18.0 Å². The number of rotatable bonds is 6. The van der Waals surface area contributed by atoms with E-state index >= 15 is 0 Å². The fourth-order valence-corrected chi connectivity index (χ4v) is 1.74. The Morgan fingerprint density at radius 1 is 1.28 bits per heavy atom. The summed E-state index contributed by atoms with van der Waals surface area (Å²) in [6.07, 6.45) is 4.78. The Labute approximate surface area is 115 Å². The van der Waals surface area contributed by atoms with Crippen molar-refractivity contribution in [2.75, 3.05) is 0 Å². The van der Waals surface area contributed by atoms with Crippen molar-refractivity contribution < 1.29 is 0 Å². The topological polar surface area (TPSA) is 26.0 Å². The Kier molecular flexibility index (Phi) is 5.79. The number of allylic oxidation sites excluding steroid dienone is 2. The van der Waals surface area contributed by atoms with Crippen molar-refractivity contribution in [3.63, 3.8) is 0 Å². The normalized spacial score (nSPS) is 11.3. The molecule has 0 unspecified atom stereocenters. The fraction of sp³-hybridized carbons (Fsp3) is 0.312. The third kappa shape index (κ3) is 5.28. The van der Waals surface area contributed by atoms with Gasteiger partial charge in [-0.15, -0.1) is 0 Å². The van der Waals surface area contributed by atoms with E-state index in [0.29, 0.717) is 11.4 Å². The largest absolute Gasteiger partial charge is 0.393 e. The lowest BCUT2D eigenvalue weighted by Crippen LogP contribution is -2.05. The summed E-state index contributed by atoms with van der Waals surface area (Å²) in [6.45, 7) is 8.35. The van der Waals surface area contributed by atoms with Crippen molar-refractivity contribution in [1.82, 2.24) is 0 Å². The van der Waals surface area contributed by atoms with E-state index in [0.717, 1.165) is 12.8 Å². The number of hydrogen-bond donors (Lipinski definition) is 1. The van der Waals surface area contributed by atoms with Crippen molar-refractivity contribution in [3.05, 3.63) is 53.6 Å². The van der Waals surface area contributed by atoms with Crippen LogP contribution in [0.3, 0.4) is 0 Å². The molecular weight excluding hydrogens is 238 g/mol. The number of thiocarbonyl (C=S) groups is 1. The number of benzene rings is 1. The molecule has 0 heterocycles. The van der Waals surface area contributed by atoms with Crippen LogP contribution < -0.4 is 5.73 Å². The van der Waals surface area contributed by atoms with E-state index in [1.54, 1.807) is 0 Å². The van der Waals surface area contributed by atoms with E-state index in [2.05, 4.69) is 50.8 Å². The molecule has 0 radical (unpaired) electrons. The maximum absolute atomic E-state index is 5.47. The van der Waals surface area contributed by atoms with Gasteiger partial charge in [0.05, 0.1) is 4.99 Å². The number of hydrogen-bond acceptors (Lipinski definition) is 1. The van der Waals surface area contributed by atoms with Crippen molar-refractivity contribution in [1.29, 1.82) is 0 Å². The molecule has 0 aliphatic heterocycles. The van der Waals surface area contributed by atoms with Gasteiger partial charge in [0.25, 0.3) is 0 Å². The van der Waals surface area contributed by atoms with Crippen LogP contribution in [0, 0.1) is 6.92 Å². The van der Waals surface area contributed by atoms with Gasteiger partial charge in [0.1, 0.15) is 0 Å². The van der Waals surface area contributed by atoms with Gasteiger partial charge in [0, 0.05) is 6.42 Å². The van der Waals surface area contributed by atoms with E-state index in [1.165, 1.54) is 22.3 Å². The van der Waals surface area contributed by atoms with Crippen LogP contribution in [-0.4, -0.2) is 4.99 Å². The molecule has 0 atom stereocenters. The highest BCUT2D eigenvalue weighted by Crippen LogP contribution is 2.20. The summed E-state index contributed by atoms with van der Waals surface area (Å²) in [6, 6.07) is 8.50. The van der Waals surface area contributed by atoms with Gasteiger partial charge in [-0.2, -0.15) is 0 Å². The van der Waals surface area contributed by atoms with Crippen LogP contribution in [-0.2, 0) is 0 Å². The third-order valence-corrected chi connectivity index (χ3v) is 3.10. The van der Waals surface area contributed by atoms with Gasteiger partial charge in [-0.3, -0.25) is 0 Å². The molecule has 18 heavy (non-hydrogen) atoms. The predicted molar refractivity (Wildman–Crippen MR) is 84.6 cm³/mol. The zero-order chi connectivity index (χ0) is 13.5. The third-order valence-electron chi connectivity index (χ3n) is 2.93. The van der Waals surface area contributed by atoms with Crippen LogP contribution in [0.15, 0.2) is 42.5 Å². The molecule has 0 aliphatic carbocycles. The van der Waals surface area contributed by atoms with Gasteiger partial charge in [0.2, 0.25) is 0 Å². The first-order valence-electron chi connectivity index (χ1n) is 6.18. The molecule has 2 N–H and O–H groups in total. The van der Waals surface area contributed by atoms with Crippen LogP contribution in [0.2, 0.25) is 0 Å². The maximum atomic E-state index is 5.47. The molecule has 0 spiro atoms. The lowest BCUT2D eigenvalue weighted by Gasteiger charge is -2.07. The number of aryl methyl sites for hydroxylation is 1. The minimum absolute atomic E-state index is 0.548. The second-order valence-electron chi connectivity index (χ2n) is 4.69. The Hall–Kier alpha value is -1.41. The summed E-state index contributed by atoms with van der Waals surface area (Å²) >= 11 is 4.85. The van der Waals surface area contributed by atoms with Gasteiger partial charge in [-0.05, 0) is 37.8 Å². The van der Waals surface area contributed by atoms with Crippen LogP contribution in [0.25, 0.3) is 5.57 Å². The van der Waals surface area contributed by atoms with E-state index < -0.39 is 0 Å². The maximum Gasteiger partial charge on any atom is 0.0765 e. The SMILES string of the molecule is C=C(CC/C(C)=C/CC(N)=S)c1ccc(C)cc1. The van der Waals surface area contributed by atoms with Crippen LogP contribution in [0.5, 0.6) is 0 Å². The second kappa shape index (κ2) is 7.12. The molecule has 0 saturated heterocycles. The molecular formula is C16H21NS. The molecule has 0 bridgehead atoms. The van der Waals surface area contributed by atoms with Crippen LogP contribution >= 0.6 is 12.2 Å². The minimum Gasteiger partial charge on any atom is -0.393 e. The summed E-state index contributed by atoms with van der Waals surface area (Å²) in [7, 11) is 0. The van der Waals surface area contributed by atoms with Gasteiger partial charge in [-0.25, -0.2) is 0 Å². The minimum atomic E-state index is 0.548. The first kappa shape index (κ1) is 14.7. The monoisotopic (exact) mass is 259 g/mol. The average molecular weight is 259 g/mol. The Morgan fingerprint density at radius 2 is 1.89 bits per heavy atom. The summed E-state index contributed by atoms with van der Waals surface area (Å²) in [4.78, 5) is 0.548. The summed E-state index contributed by atoms with van der Waals surface area (Å²) in [5, 5.41) is 0. The second-order valence-corrected chi connectivity index (χ2v) is 5.21. The van der Waals surface area contributed by atoms with Crippen molar-refractivity contribution in [2.24, 2.45) is 5.73 Å². The molecule has 1 rings (SSSR count). The van der Waals surface area contributed by atoms with Gasteiger partial charge < -0.3 is 5.73 Å². The van der Waals surface area contributed by atoms with Crippen molar-refractivity contribution in [3.8, 4) is 0 Å². The Bertz CT molecular complexity index is 454. The fourth-order valence-electron chi connectivity index (χ4n) is 1.66. The van der Waals surface area contributed by atoms with E-state index in [1.807, 2.05) is 0 Å². The summed E-state index contributed by atoms with van der Waals surface area (Å²) < 4.78 is 0. The first-order valence-corrected chi connectivity index (χ1v) is 6.58. The van der Waals surface area contributed by atoms with Gasteiger partial charge in [0.15, 0.2) is 0 Å². The molecule has 0 fully saturated rings. The summed E-state index contributed by atoms with van der Waals surface area (Å²) in [5.74, 6) is 0. The molecule has 96 valence electrons. The molecule has 0 saturated carbocycles. The molecule has 1 aromatic carbocycles. The highest BCUT2D eigenvalue weighted by molar-refractivity contribution is 7.80. The zero-order valence-corrected chi connectivity index (χ0v) is 12.0. The molecule has 0 amide bonds. The van der Waals surface area contributed by atoms with Crippen LogP contribution in [0.1, 0.15) is 37.3 Å². The standard InChI is InChI=1S/C16H21NS/c1-12(7-11-16(17)18)4-8-14(3)15-9-5-13(2)6-10-15/h5-7,9-10H,3-4,8,11H2,1-2H3,(H2,17,18)/b12-7+. The lowest BCUT2D eigenvalue weighted by molar-refractivity contribution is 0.985. The predicted octanol–water partition coefficient (Wildman–Crippen LogP) is 4.41. The molecule has 2 heteroatoms. The highest BCUT2D eigenvalue weighted by Gasteiger charge is 1.99. The molecule has 1 nitrogen and oxygen atoms in total. The first-order chi connectivity index (χ1) is 8.49. The molecule has 0 aromatic heterocycles. The zero-order valence-electron chi connectivity index (χ0n) is 11.2. The Balaban J connectivity index is 2.48. The number of nitrogens with two attached hydrogens (primary N) is 1. The quantitative estimate of drug-likeness (QED) is 0.605. The van der Waals surface area contributed by atoms with Gasteiger partial charge in [-0.1, -0.05) is 60.3 Å². The average Bonchev–Trinajstić information content (AvgIpc) is 2.34. The highest BCUT2D eigenvalue weighted by atomic mass is 32.1. The molecule has 1 aromatic rings. The van der Waals surface area contributed by atoms with Crippen molar-refractivity contribution >= 4 is 22.8 Å². The van der Waals surface area contributed by atoms with Crippen LogP contribution in [0.4, 0.5) is 0 Å². The van der Waals surface area contributed by atoms with Crippen molar-refractivity contribution in [2.45, 2.75) is 33.1 Å². The lowest BCUT2D eigenvalue weighted by atomic mass is 9.99. The molecule has 0 aliphatic rings. The van der Waals surface area contributed by atoms with E-state index in [-0.39, 0.29) is 0 Å².